The first kappa shape index (κ1) is 9.49. The molecule has 0 aliphatic heterocycles. The van der Waals surface area contributed by atoms with Gasteiger partial charge in [0.25, 0.3) is 0 Å². The fourth-order valence-electron chi connectivity index (χ4n) is 1.19. The van der Waals surface area contributed by atoms with Gasteiger partial charge >= 0.3 is 0 Å². The number of hydrogen-bond acceptors (Lipinski definition) is 2. The first-order chi connectivity index (χ1) is 6.74. The van der Waals surface area contributed by atoms with E-state index in [1.165, 1.54) is 0 Å². The number of halogens is 2. The number of aromatic nitrogens is 3. The molecule has 0 saturated heterocycles. The monoisotopic (exact) mass is 227 g/mol. The van der Waals surface area contributed by atoms with Crippen LogP contribution in [0, 0.1) is 0 Å². The van der Waals surface area contributed by atoms with E-state index in [-0.39, 0.29) is 0 Å². The standard InChI is InChI=1S/C9H7Cl2N3/c10-8-4-7(5-9(11)13-8)6-14-3-1-2-12-14/h1-5H,6H2. The maximum Gasteiger partial charge on any atom is 0.131 e. The molecule has 0 aliphatic carbocycles. The maximum atomic E-state index is 5.77. The van der Waals surface area contributed by atoms with Gasteiger partial charge in [0, 0.05) is 12.4 Å². The van der Waals surface area contributed by atoms with Gasteiger partial charge in [-0.1, -0.05) is 23.2 Å². The quantitative estimate of drug-likeness (QED) is 0.739. The molecule has 0 saturated carbocycles. The molecule has 0 aliphatic rings. The van der Waals surface area contributed by atoms with Crippen molar-refractivity contribution in [1.29, 1.82) is 0 Å². The van der Waals surface area contributed by atoms with Crippen LogP contribution in [0.25, 0.3) is 0 Å². The summed E-state index contributed by atoms with van der Waals surface area (Å²) in [6.07, 6.45) is 3.60. The zero-order valence-electron chi connectivity index (χ0n) is 7.19. The Bertz CT molecular complexity index is 405. The van der Waals surface area contributed by atoms with Gasteiger partial charge < -0.3 is 0 Å². The van der Waals surface area contributed by atoms with Crippen LogP contribution in [0.3, 0.4) is 0 Å². The van der Waals surface area contributed by atoms with Crippen LogP contribution >= 0.6 is 23.2 Å². The lowest BCUT2D eigenvalue weighted by molar-refractivity contribution is 0.686. The molecular weight excluding hydrogens is 221 g/mol. The van der Waals surface area contributed by atoms with Crippen LogP contribution < -0.4 is 0 Å². The highest BCUT2D eigenvalue weighted by Gasteiger charge is 2.00. The Morgan fingerprint density at radius 3 is 2.50 bits per heavy atom. The summed E-state index contributed by atoms with van der Waals surface area (Å²) < 4.78 is 1.79. The molecule has 0 aromatic carbocycles. The third-order valence-corrected chi connectivity index (χ3v) is 2.11. The summed E-state index contributed by atoms with van der Waals surface area (Å²) in [5, 5.41) is 4.89. The van der Waals surface area contributed by atoms with Crippen molar-refractivity contribution < 1.29 is 0 Å². The largest absolute Gasteiger partial charge is 0.268 e. The first-order valence-electron chi connectivity index (χ1n) is 4.03. The van der Waals surface area contributed by atoms with Gasteiger partial charge in [-0.2, -0.15) is 5.10 Å². The van der Waals surface area contributed by atoms with E-state index in [9.17, 15) is 0 Å². The molecule has 0 N–H and O–H groups in total. The van der Waals surface area contributed by atoms with E-state index >= 15 is 0 Å². The predicted octanol–water partition coefficient (Wildman–Crippen LogP) is 2.63. The molecule has 0 radical (unpaired) electrons. The van der Waals surface area contributed by atoms with E-state index in [1.54, 1.807) is 23.0 Å². The summed E-state index contributed by atoms with van der Waals surface area (Å²) in [7, 11) is 0. The number of nitrogens with zero attached hydrogens (tertiary/aromatic N) is 3. The normalized spacial score (nSPS) is 10.4. The van der Waals surface area contributed by atoms with Crippen LogP contribution in [0.1, 0.15) is 5.56 Å². The van der Waals surface area contributed by atoms with E-state index < -0.39 is 0 Å². The molecule has 2 aromatic heterocycles. The van der Waals surface area contributed by atoms with E-state index in [1.807, 2.05) is 12.3 Å². The highest BCUT2D eigenvalue weighted by Crippen LogP contribution is 2.15. The van der Waals surface area contributed by atoms with Gasteiger partial charge in [-0.15, -0.1) is 0 Å². The van der Waals surface area contributed by atoms with Crippen LogP contribution in [0.5, 0.6) is 0 Å². The second kappa shape index (κ2) is 3.98. The summed E-state index contributed by atoms with van der Waals surface area (Å²) in [5.74, 6) is 0. The third kappa shape index (κ3) is 2.25. The van der Waals surface area contributed by atoms with Crippen molar-refractivity contribution in [2.45, 2.75) is 6.54 Å². The highest BCUT2D eigenvalue weighted by molar-refractivity contribution is 6.32. The summed E-state index contributed by atoms with van der Waals surface area (Å²) in [4.78, 5) is 3.86. The average Bonchev–Trinajstić information content (AvgIpc) is 2.54. The topological polar surface area (TPSA) is 30.7 Å². The lowest BCUT2D eigenvalue weighted by Gasteiger charge is -2.02. The van der Waals surface area contributed by atoms with Crippen LogP contribution in [-0.2, 0) is 6.54 Å². The van der Waals surface area contributed by atoms with Crippen LogP contribution in [-0.4, -0.2) is 14.8 Å². The Kier molecular flexibility index (Phi) is 2.70. The van der Waals surface area contributed by atoms with Crippen molar-refractivity contribution in [1.82, 2.24) is 14.8 Å². The molecular formula is C9H7Cl2N3. The van der Waals surface area contributed by atoms with Gasteiger partial charge in [-0.25, -0.2) is 4.98 Å². The fourth-order valence-corrected chi connectivity index (χ4v) is 1.69. The van der Waals surface area contributed by atoms with Gasteiger partial charge in [0.1, 0.15) is 10.3 Å². The molecule has 0 fully saturated rings. The first-order valence-corrected chi connectivity index (χ1v) is 4.79. The molecule has 0 bridgehead atoms. The van der Waals surface area contributed by atoms with E-state index in [0.29, 0.717) is 16.9 Å². The molecule has 2 aromatic rings. The number of pyridine rings is 1. The molecule has 5 heteroatoms. The molecule has 0 spiro atoms. The Morgan fingerprint density at radius 1 is 1.21 bits per heavy atom. The summed E-state index contributed by atoms with van der Waals surface area (Å²) in [5.41, 5.74) is 0.985. The van der Waals surface area contributed by atoms with E-state index in [4.69, 9.17) is 23.2 Å². The molecule has 0 atom stereocenters. The third-order valence-electron chi connectivity index (χ3n) is 1.73. The summed E-state index contributed by atoms with van der Waals surface area (Å²) in [6.45, 7) is 0.648. The highest BCUT2D eigenvalue weighted by atomic mass is 35.5. The lowest BCUT2D eigenvalue weighted by atomic mass is 10.3. The minimum absolute atomic E-state index is 0.402. The van der Waals surface area contributed by atoms with Gasteiger partial charge in [-0.3, -0.25) is 4.68 Å². The lowest BCUT2D eigenvalue weighted by Crippen LogP contribution is -2.00. The van der Waals surface area contributed by atoms with Crippen LogP contribution in [0.2, 0.25) is 10.3 Å². The van der Waals surface area contributed by atoms with Crippen molar-refractivity contribution in [3.8, 4) is 0 Å². The van der Waals surface area contributed by atoms with Gasteiger partial charge in [0.15, 0.2) is 0 Å². The molecule has 2 rings (SSSR count). The zero-order chi connectivity index (χ0) is 9.97. The van der Waals surface area contributed by atoms with Crippen molar-refractivity contribution in [2.24, 2.45) is 0 Å². The van der Waals surface area contributed by atoms with E-state index in [0.717, 1.165) is 5.56 Å². The van der Waals surface area contributed by atoms with Crippen molar-refractivity contribution in [3.63, 3.8) is 0 Å². The average molecular weight is 228 g/mol. The Hall–Kier alpha value is -1.06. The Balaban J connectivity index is 2.25. The Morgan fingerprint density at radius 2 is 1.93 bits per heavy atom. The minimum atomic E-state index is 0.402. The molecule has 72 valence electrons. The van der Waals surface area contributed by atoms with E-state index in [2.05, 4.69) is 10.1 Å². The molecule has 2 heterocycles. The summed E-state index contributed by atoms with van der Waals surface area (Å²) >= 11 is 11.5. The van der Waals surface area contributed by atoms with Gasteiger partial charge in [-0.05, 0) is 23.8 Å². The van der Waals surface area contributed by atoms with Crippen molar-refractivity contribution >= 4 is 23.2 Å². The second-order valence-electron chi connectivity index (χ2n) is 2.82. The molecule has 0 amide bonds. The van der Waals surface area contributed by atoms with Crippen molar-refractivity contribution in [2.75, 3.05) is 0 Å². The Labute approximate surface area is 91.3 Å². The summed E-state index contributed by atoms with van der Waals surface area (Å²) in [6, 6.07) is 5.41. The minimum Gasteiger partial charge on any atom is -0.268 e. The molecule has 3 nitrogen and oxygen atoms in total. The van der Waals surface area contributed by atoms with Crippen LogP contribution in [0.15, 0.2) is 30.6 Å². The van der Waals surface area contributed by atoms with Gasteiger partial charge in [0.2, 0.25) is 0 Å². The molecule has 0 unspecified atom stereocenters. The predicted molar refractivity (Wildman–Crippen MR) is 55.6 cm³/mol. The number of hydrogen-bond donors (Lipinski definition) is 0. The zero-order valence-corrected chi connectivity index (χ0v) is 8.70. The second-order valence-corrected chi connectivity index (χ2v) is 3.60. The maximum absolute atomic E-state index is 5.77. The van der Waals surface area contributed by atoms with Gasteiger partial charge in [0.05, 0.1) is 6.54 Å². The molecule has 14 heavy (non-hydrogen) atoms. The fraction of sp³-hybridized carbons (Fsp3) is 0.111. The number of rotatable bonds is 2. The smallest absolute Gasteiger partial charge is 0.131 e. The SMILES string of the molecule is Clc1cc(Cn2cccn2)cc(Cl)n1. The van der Waals surface area contributed by atoms with Crippen molar-refractivity contribution in [3.05, 3.63) is 46.5 Å². The van der Waals surface area contributed by atoms with Crippen LogP contribution in [0.4, 0.5) is 0 Å².